The average molecular weight is 429 g/mol. The first kappa shape index (κ1) is 21.5. The number of nitrogens with one attached hydrogen (secondary N) is 2. The van der Waals surface area contributed by atoms with E-state index in [2.05, 4.69) is 5.32 Å². The molecule has 2 aromatic carbocycles. The molecule has 0 aromatic heterocycles. The molecule has 30 heavy (non-hydrogen) atoms. The summed E-state index contributed by atoms with van der Waals surface area (Å²) >= 11 is 0. The van der Waals surface area contributed by atoms with Gasteiger partial charge in [0.25, 0.3) is 10.0 Å². The van der Waals surface area contributed by atoms with Crippen molar-refractivity contribution in [2.75, 3.05) is 16.8 Å². The third-order valence-electron chi connectivity index (χ3n) is 4.85. The summed E-state index contributed by atoms with van der Waals surface area (Å²) in [5, 5.41) is 2.72. The number of benzene rings is 2. The van der Waals surface area contributed by atoms with E-state index in [0.29, 0.717) is 5.69 Å². The van der Waals surface area contributed by atoms with E-state index in [-0.39, 0.29) is 29.7 Å². The number of carbonyl (C=O) groups is 3. The Balaban J connectivity index is 1.68. The van der Waals surface area contributed by atoms with Crippen LogP contribution in [0.3, 0.4) is 0 Å². The van der Waals surface area contributed by atoms with E-state index < -0.39 is 21.8 Å². The maximum Gasteiger partial charge on any atom is 0.264 e. The maximum absolute atomic E-state index is 12.6. The molecular formula is C21H23N3O5S. The van der Waals surface area contributed by atoms with Gasteiger partial charge in [-0.3, -0.25) is 14.4 Å². The second-order valence-corrected chi connectivity index (χ2v) is 9.05. The lowest BCUT2D eigenvalue weighted by molar-refractivity contribution is -0.122. The first-order valence-electron chi connectivity index (χ1n) is 9.39. The van der Waals surface area contributed by atoms with Gasteiger partial charge in [0.2, 0.25) is 17.7 Å². The summed E-state index contributed by atoms with van der Waals surface area (Å²) in [5.74, 6) is -1.63. The van der Waals surface area contributed by atoms with Crippen molar-refractivity contribution in [1.82, 2.24) is 4.72 Å². The Labute approximate surface area is 175 Å². The minimum Gasteiger partial charge on any atom is -0.326 e. The van der Waals surface area contributed by atoms with Gasteiger partial charge in [-0.05, 0) is 49.7 Å². The highest BCUT2D eigenvalue weighted by Crippen LogP contribution is 2.29. The number of hydrogen-bond donors (Lipinski definition) is 2. The molecule has 1 unspecified atom stereocenters. The van der Waals surface area contributed by atoms with E-state index in [1.54, 1.807) is 4.90 Å². The van der Waals surface area contributed by atoms with E-state index in [9.17, 15) is 22.8 Å². The molecule has 158 valence electrons. The fourth-order valence-corrected chi connectivity index (χ4v) is 4.42. The van der Waals surface area contributed by atoms with Crippen molar-refractivity contribution < 1.29 is 22.8 Å². The molecule has 0 radical (unpaired) electrons. The molecule has 2 N–H and O–H groups in total. The van der Waals surface area contributed by atoms with Crippen molar-refractivity contribution in [2.24, 2.45) is 5.92 Å². The molecular weight excluding hydrogens is 406 g/mol. The fraction of sp³-hybridized carbons (Fsp3) is 0.286. The first-order valence-corrected chi connectivity index (χ1v) is 10.9. The average Bonchev–Trinajstić information content (AvgIpc) is 3.03. The lowest BCUT2D eigenvalue weighted by Crippen LogP contribution is -2.29. The Kier molecular flexibility index (Phi) is 5.93. The quantitative estimate of drug-likeness (QED) is 0.756. The second kappa shape index (κ2) is 8.27. The van der Waals surface area contributed by atoms with Crippen LogP contribution in [-0.4, -0.2) is 32.7 Å². The zero-order valence-corrected chi connectivity index (χ0v) is 17.7. The van der Waals surface area contributed by atoms with Gasteiger partial charge in [0.05, 0.1) is 10.8 Å². The monoisotopic (exact) mass is 429 g/mol. The Morgan fingerprint density at radius 2 is 1.73 bits per heavy atom. The van der Waals surface area contributed by atoms with Crippen LogP contribution in [0.5, 0.6) is 0 Å². The van der Waals surface area contributed by atoms with Gasteiger partial charge in [0.15, 0.2) is 0 Å². The third-order valence-corrected chi connectivity index (χ3v) is 6.30. The summed E-state index contributed by atoms with van der Waals surface area (Å²) in [5.41, 5.74) is 3.27. The minimum absolute atomic E-state index is 0.0900. The molecule has 0 spiro atoms. The number of carbonyl (C=O) groups excluding carboxylic acids is 3. The van der Waals surface area contributed by atoms with Gasteiger partial charge in [-0.25, -0.2) is 13.1 Å². The summed E-state index contributed by atoms with van der Waals surface area (Å²) in [4.78, 5) is 37.6. The van der Waals surface area contributed by atoms with Crippen LogP contribution in [0, 0.1) is 19.8 Å². The van der Waals surface area contributed by atoms with Crippen molar-refractivity contribution in [3.05, 3.63) is 53.6 Å². The van der Waals surface area contributed by atoms with Gasteiger partial charge in [-0.2, -0.15) is 0 Å². The molecule has 1 aliphatic heterocycles. The smallest absolute Gasteiger partial charge is 0.264 e. The first-order chi connectivity index (χ1) is 14.1. The zero-order chi connectivity index (χ0) is 22.1. The van der Waals surface area contributed by atoms with Gasteiger partial charge in [-0.1, -0.05) is 17.7 Å². The number of nitrogens with zero attached hydrogens (tertiary/aromatic N) is 1. The lowest BCUT2D eigenvalue weighted by Gasteiger charge is -2.19. The third kappa shape index (κ3) is 4.68. The zero-order valence-electron chi connectivity index (χ0n) is 16.9. The molecule has 1 atom stereocenters. The standard InChI is InChI=1S/C21H23N3O5S/c1-13-4-9-19(14(2)10-13)24-12-16(11-20(24)26)21(27)22-17-5-7-18(8-6-17)30(28,29)23-15(3)25/h4-10,16H,11-12H2,1-3H3,(H,22,27)(H,23,25). The molecule has 1 heterocycles. The van der Waals surface area contributed by atoms with Crippen LogP contribution in [0.4, 0.5) is 11.4 Å². The predicted octanol–water partition coefficient (Wildman–Crippen LogP) is 2.12. The topological polar surface area (TPSA) is 113 Å². The summed E-state index contributed by atoms with van der Waals surface area (Å²) < 4.78 is 25.8. The van der Waals surface area contributed by atoms with E-state index >= 15 is 0 Å². The van der Waals surface area contributed by atoms with Crippen LogP contribution in [0.15, 0.2) is 47.4 Å². The maximum atomic E-state index is 12.6. The number of anilines is 2. The predicted molar refractivity (Wildman–Crippen MR) is 112 cm³/mol. The van der Waals surface area contributed by atoms with E-state index in [0.717, 1.165) is 23.7 Å². The number of rotatable bonds is 5. The van der Waals surface area contributed by atoms with Crippen molar-refractivity contribution in [3.8, 4) is 0 Å². The summed E-state index contributed by atoms with van der Waals surface area (Å²) in [6.45, 7) is 5.30. The van der Waals surface area contributed by atoms with Crippen molar-refractivity contribution >= 4 is 39.1 Å². The van der Waals surface area contributed by atoms with Crippen molar-refractivity contribution in [2.45, 2.75) is 32.1 Å². The van der Waals surface area contributed by atoms with Gasteiger partial charge < -0.3 is 10.2 Å². The van der Waals surface area contributed by atoms with Crippen LogP contribution in [0.2, 0.25) is 0 Å². The van der Waals surface area contributed by atoms with Gasteiger partial charge in [-0.15, -0.1) is 0 Å². The summed E-state index contributed by atoms with van der Waals surface area (Å²) in [6.07, 6.45) is 0.105. The van der Waals surface area contributed by atoms with Crippen molar-refractivity contribution in [1.29, 1.82) is 0 Å². The van der Waals surface area contributed by atoms with Crippen LogP contribution in [0.1, 0.15) is 24.5 Å². The highest BCUT2D eigenvalue weighted by atomic mass is 32.2. The molecule has 9 heteroatoms. The molecule has 3 amide bonds. The molecule has 0 saturated carbocycles. The number of aryl methyl sites for hydroxylation is 2. The normalized spacial score (nSPS) is 16.4. The largest absolute Gasteiger partial charge is 0.326 e. The Bertz CT molecular complexity index is 1110. The molecule has 8 nitrogen and oxygen atoms in total. The summed E-state index contributed by atoms with van der Waals surface area (Å²) in [7, 11) is -3.94. The Hall–Kier alpha value is -3.20. The van der Waals surface area contributed by atoms with E-state index in [4.69, 9.17) is 0 Å². The highest BCUT2D eigenvalue weighted by molar-refractivity contribution is 7.90. The van der Waals surface area contributed by atoms with Crippen LogP contribution in [0.25, 0.3) is 0 Å². The SMILES string of the molecule is CC(=O)NS(=O)(=O)c1ccc(NC(=O)C2CC(=O)N(c3ccc(C)cc3C)C2)cc1. The molecule has 1 saturated heterocycles. The molecule has 1 fully saturated rings. The van der Waals surface area contributed by atoms with Crippen LogP contribution < -0.4 is 14.9 Å². The molecule has 1 aliphatic rings. The number of hydrogen-bond acceptors (Lipinski definition) is 5. The highest BCUT2D eigenvalue weighted by Gasteiger charge is 2.35. The van der Waals surface area contributed by atoms with Crippen LogP contribution >= 0.6 is 0 Å². The van der Waals surface area contributed by atoms with Gasteiger partial charge in [0, 0.05) is 31.3 Å². The summed E-state index contributed by atoms with van der Waals surface area (Å²) in [6, 6.07) is 11.3. The van der Waals surface area contributed by atoms with E-state index in [1.807, 2.05) is 36.8 Å². The second-order valence-electron chi connectivity index (χ2n) is 7.37. The lowest BCUT2D eigenvalue weighted by atomic mass is 10.1. The molecule has 0 bridgehead atoms. The number of amides is 3. The molecule has 3 rings (SSSR count). The number of sulfonamides is 1. The molecule has 0 aliphatic carbocycles. The Morgan fingerprint density at radius 1 is 1.07 bits per heavy atom. The van der Waals surface area contributed by atoms with Gasteiger partial charge in [0.1, 0.15) is 0 Å². The van der Waals surface area contributed by atoms with E-state index in [1.165, 1.54) is 24.3 Å². The fourth-order valence-electron chi connectivity index (χ4n) is 3.43. The minimum atomic E-state index is -3.94. The molecule has 2 aromatic rings. The van der Waals surface area contributed by atoms with Gasteiger partial charge >= 0.3 is 0 Å². The van der Waals surface area contributed by atoms with Crippen LogP contribution in [-0.2, 0) is 24.4 Å². The van der Waals surface area contributed by atoms with Crippen molar-refractivity contribution in [3.63, 3.8) is 0 Å². The Morgan fingerprint density at radius 3 is 2.33 bits per heavy atom.